The Balaban J connectivity index is 3.06. The Morgan fingerprint density at radius 2 is 1.73 bits per heavy atom. The molecule has 0 amide bonds. The maximum atomic E-state index is 12.5. The number of rotatable bonds is 2. The first-order chi connectivity index (χ1) is 5.27. The van der Waals surface area contributed by atoms with Crippen molar-refractivity contribution in [1.29, 1.82) is 0 Å². The Morgan fingerprint density at radius 1 is 1.09 bits per heavy atom. The van der Waals surface area contributed by atoms with Gasteiger partial charge in [-0.25, -0.2) is 4.39 Å². The summed E-state index contributed by atoms with van der Waals surface area (Å²) < 4.78 is 22.3. The van der Waals surface area contributed by atoms with Crippen LogP contribution in [0.1, 0.15) is 0 Å². The maximum absolute atomic E-state index is 12.5. The smallest absolute Gasteiger partial charge is 0.163 e. The van der Waals surface area contributed by atoms with E-state index in [4.69, 9.17) is 9.47 Å². The highest BCUT2D eigenvalue weighted by molar-refractivity contribution is 5.39. The van der Waals surface area contributed by atoms with Gasteiger partial charge in [-0.1, -0.05) is 0 Å². The summed E-state index contributed by atoms with van der Waals surface area (Å²) in [6.07, 6.45) is 0. The molecule has 0 unspecified atom stereocenters. The van der Waals surface area contributed by atoms with Gasteiger partial charge in [0.1, 0.15) is 5.82 Å². The number of hydrogen-bond acceptors (Lipinski definition) is 2. The van der Waals surface area contributed by atoms with Gasteiger partial charge in [0.15, 0.2) is 11.5 Å². The van der Waals surface area contributed by atoms with Gasteiger partial charge in [0.25, 0.3) is 0 Å². The predicted octanol–water partition coefficient (Wildman–Crippen LogP) is 1.84. The molecule has 2 nitrogen and oxygen atoms in total. The van der Waals surface area contributed by atoms with Crippen LogP contribution in [0.25, 0.3) is 0 Å². The molecule has 0 aliphatic rings. The zero-order chi connectivity index (χ0) is 8.27. The molecule has 0 bridgehead atoms. The summed E-state index contributed by atoms with van der Waals surface area (Å²) in [5, 5.41) is 0. The molecule has 0 N–H and O–H groups in total. The summed E-state index contributed by atoms with van der Waals surface area (Å²) >= 11 is 0. The highest BCUT2D eigenvalue weighted by Gasteiger charge is 2.02. The van der Waals surface area contributed by atoms with Crippen LogP contribution in [0.3, 0.4) is 0 Å². The van der Waals surface area contributed by atoms with E-state index in [0.29, 0.717) is 11.5 Å². The molecule has 0 radical (unpaired) electrons. The van der Waals surface area contributed by atoms with Crippen LogP contribution in [0.4, 0.5) is 4.39 Å². The fourth-order valence-electron chi connectivity index (χ4n) is 0.810. The van der Waals surface area contributed by atoms with Crippen LogP contribution in [0.5, 0.6) is 11.5 Å². The molecule has 0 aliphatic carbocycles. The van der Waals surface area contributed by atoms with Crippen molar-refractivity contribution >= 4 is 0 Å². The number of ether oxygens (including phenoxy) is 2. The van der Waals surface area contributed by atoms with E-state index in [-0.39, 0.29) is 5.82 Å². The average Bonchev–Trinajstić information content (AvgIpc) is 2.04. The van der Waals surface area contributed by atoms with E-state index in [1.165, 1.54) is 32.4 Å². The molecular weight excluding hydrogens is 146 g/mol. The first-order valence-electron chi connectivity index (χ1n) is 3.15. The SMILES string of the molecule is COc1ccc([18F])cc1OC. The van der Waals surface area contributed by atoms with E-state index in [1.54, 1.807) is 0 Å². The molecule has 0 spiro atoms. The maximum Gasteiger partial charge on any atom is 0.163 e. The van der Waals surface area contributed by atoms with E-state index in [1.807, 2.05) is 0 Å². The lowest BCUT2D eigenvalue weighted by Crippen LogP contribution is -1.90. The average molecular weight is 155 g/mol. The standard InChI is InChI=1S/C8H9FO2/c1-10-7-4-3-6(9)5-8(7)11-2/h3-5H,1-2H3/i9-1. The van der Waals surface area contributed by atoms with Gasteiger partial charge < -0.3 is 9.47 Å². The molecule has 0 atom stereocenters. The molecule has 60 valence electrons. The Labute approximate surface area is 64.6 Å². The van der Waals surface area contributed by atoms with Gasteiger partial charge in [-0.05, 0) is 12.1 Å². The summed E-state index contributed by atoms with van der Waals surface area (Å²) in [7, 11) is 2.98. The second-order valence-corrected chi connectivity index (χ2v) is 2.00. The number of methoxy groups -OCH3 is 2. The van der Waals surface area contributed by atoms with Crippen molar-refractivity contribution in [3.8, 4) is 11.5 Å². The molecule has 1 rings (SSSR count). The second kappa shape index (κ2) is 3.23. The van der Waals surface area contributed by atoms with Gasteiger partial charge in [-0.3, -0.25) is 0 Å². The van der Waals surface area contributed by atoms with Crippen LogP contribution < -0.4 is 9.47 Å². The lowest BCUT2D eigenvalue weighted by molar-refractivity contribution is 0.352. The van der Waals surface area contributed by atoms with Gasteiger partial charge in [-0.15, -0.1) is 0 Å². The first kappa shape index (κ1) is 7.85. The molecule has 0 aliphatic heterocycles. The van der Waals surface area contributed by atoms with E-state index >= 15 is 0 Å². The minimum Gasteiger partial charge on any atom is -0.493 e. The first-order valence-corrected chi connectivity index (χ1v) is 3.15. The van der Waals surface area contributed by atoms with Crippen molar-refractivity contribution in [1.82, 2.24) is 0 Å². The Hall–Kier alpha value is -1.25. The lowest BCUT2D eigenvalue weighted by atomic mass is 10.3. The van der Waals surface area contributed by atoms with Gasteiger partial charge in [0.2, 0.25) is 0 Å². The molecule has 0 heterocycles. The van der Waals surface area contributed by atoms with Crippen LogP contribution in [-0.4, -0.2) is 14.2 Å². The van der Waals surface area contributed by atoms with E-state index in [2.05, 4.69) is 0 Å². The fourth-order valence-corrected chi connectivity index (χ4v) is 0.810. The molecular formula is C8H9FO2. The van der Waals surface area contributed by atoms with Gasteiger partial charge in [-0.2, -0.15) is 0 Å². The number of hydrogen-bond donors (Lipinski definition) is 0. The van der Waals surface area contributed by atoms with Gasteiger partial charge >= 0.3 is 0 Å². The summed E-state index contributed by atoms with van der Waals surface area (Å²) in [5.74, 6) is 0.615. The van der Waals surface area contributed by atoms with Crippen LogP contribution in [-0.2, 0) is 0 Å². The molecule has 0 aromatic heterocycles. The topological polar surface area (TPSA) is 18.5 Å². The van der Waals surface area contributed by atoms with Crippen molar-refractivity contribution in [2.24, 2.45) is 0 Å². The molecule has 0 saturated carbocycles. The molecule has 0 saturated heterocycles. The van der Waals surface area contributed by atoms with Crippen LogP contribution in [0, 0.1) is 5.82 Å². The molecule has 0 fully saturated rings. The minimum absolute atomic E-state index is 0.331. The van der Waals surface area contributed by atoms with Crippen molar-refractivity contribution < 1.29 is 13.9 Å². The lowest BCUT2D eigenvalue weighted by Gasteiger charge is -2.05. The van der Waals surface area contributed by atoms with E-state index < -0.39 is 0 Å². The van der Waals surface area contributed by atoms with E-state index in [9.17, 15) is 4.39 Å². The number of benzene rings is 1. The zero-order valence-corrected chi connectivity index (χ0v) is 6.43. The van der Waals surface area contributed by atoms with Gasteiger partial charge in [0, 0.05) is 6.07 Å². The van der Waals surface area contributed by atoms with Crippen LogP contribution >= 0.6 is 0 Å². The quantitative estimate of drug-likeness (QED) is 0.648. The number of halogens is 1. The summed E-state index contributed by atoms with van der Waals surface area (Å²) in [6, 6.07) is 4.12. The second-order valence-electron chi connectivity index (χ2n) is 2.00. The molecule has 3 heteroatoms. The van der Waals surface area contributed by atoms with E-state index in [0.717, 1.165) is 0 Å². The summed E-state index contributed by atoms with van der Waals surface area (Å²) in [6.45, 7) is 0. The normalized spacial score (nSPS) is 9.36. The Kier molecular flexibility index (Phi) is 2.31. The monoisotopic (exact) mass is 155 g/mol. The third-order valence-electron chi connectivity index (χ3n) is 1.35. The fraction of sp³-hybridized carbons (Fsp3) is 0.250. The van der Waals surface area contributed by atoms with Crippen molar-refractivity contribution in [2.75, 3.05) is 14.2 Å². The molecule has 1 aromatic rings. The van der Waals surface area contributed by atoms with Crippen LogP contribution in [0.15, 0.2) is 18.2 Å². The largest absolute Gasteiger partial charge is 0.493 e. The predicted molar refractivity (Wildman–Crippen MR) is 39.5 cm³/mol. The van der Waals surface area contributed by atoms with Gasteiger partial charge in [0.05, 0.1) is 14.2 Å². The van der Waals surface area contributed by atoms with Crippen molar-refractivity contribution in [3.05, 3.63) is 24.0 Å². The third kappa shape index (κ3) is 1.61. The van der Waals surface area contributed by atoms with Crippen molar-refractivity contribution in [3.63, 3.8) is 0 Å². The minimum atomic E-state index is -0.331. The highest BCUT2D eigenvalue weighted by atomic mass is 18.2. The zero-order valence-electron chi connectivity index (χ0n) is 6.43. The Morgan fingerprint density at radius 3 is 2.27 bits per heavy atom. The van der Waals surface area contributed by atoms with Crippen LogP contribution in [0.2, 0.25) is 0 Å². The molecule has 1 aromatic carbocycles. The summed E-state index contributed by atoms with van der Waals surface area (Å²) in [5.41, 5.74) is 0. The Bertz CT molecular complexity index is 248. The van der Waals surface area contributed by atoms with Crippen molar-refractivity contribution in [2.45, 2.75) is 0 Å². The highest BCUT2D eigenvalue weighted by Crippen LogP contribution is 2.26. The third-order valence-corrected chi connectivity index (χ3v) is 1.35. The summed E-state index contributed by atoms with van der Waals surface area (Å²) in [4.78, 5) is 0. The molecule has 11 heavy (non-hydrogen) atoms.